The van der Waals surface area contributed by atoms with Crippen molar-refractivity contribution < 1.29 is 26.3 Å². The van der Waals surface area contributed by atoms with Crippen LogP contribution in [0.5, 0.6) is 0 Å². The molecule has 2 N–H and O–H groups in total. The van der Waals surface area contributed by atoms with Gasteiger partial charge in [0.1, 0.15) is 0 Å². The van der Waals surface area contributed by atoms with Crippen LogP contribution in [0.15, 0.2) is 48.5 Å². The average Bonchev–Trinajstić information content (AvgIpc) is 3.45. The Kier molecular flexibility index (Phi) is 5.03. The maximum atomic E-state index is 12.5. The van der Waals surface area contributed by atoms with Crippen LogP contribution in [0.3, 0.4) is 0 Å². The number of nitrogens with one attached hydrogen (secondary N) is 2. The average molecular weight is 483 g/mol. The highest BCUT2D eigenvalue weighted by Gasteiger charge is 2.68. The molecule has 2 aromatic rings. The van der Waals surface area contributed by atoms with Crippen LogP contribution in [0.2, 0.25) is 0 Å². The molecule has 4 aliphatic rings. The molecule has 2 aromatic carbocycles. The minimum Gasteiger partial charge on any atom is -0.315 e. The van der Waals surface area contributed by atoms with E-state index in [4.69, 9.17) is 0 Å². The smallest absolute Gasteiger partial charge is 0.315 e. The van der Waals surface area contributed by atoms with Gasteiger partial charge in [0.25, 0.3) is 0 Å². The molecule has 2 saturated carbocycles. The van der Waals surface area contributed by atoms with E-state index in [1.165, 1.54) is 24.3 Å². The van der Waals surface area contributed by atoms with Crippen molar-refractivity contribution in [1.82, 2.24) is 10.6 Å². The first-order chi connectivity index (χ1) is 15.7. The molecule has 4 fully saturated rings. The number of rotatable bonds is 2. The van der Waals surface area contributed by atoms with Crippen LogP contribution < -0.4 is 10.6 Å². The molecule has 8 heteroatoms. The normalized spacial score (nSPS) is 35.8. The third kappa shape index (κ3) is 3.56. The lowest BCUT2D eigenvalue weighted by atomic mass is 9.89. The molecular weight excluding hydrogens is 454 g/mol. The second-order valence-corrected chi connectivity index (χ2v) is 11.0. The summed E-state index contributed by atoms with van der Waals surface area (Å²) in [6, 6.07) is 11.3. The topological polar surface area (TPSA) is 24.1 Å². The van der Waals surface area contributed by atoms with Gasteiger partial charge in [-0.2, -0.15) is 26.3 Å². The minimum absolute atomic E-state index is 0.0805. The lowest BCUT2D eigenvalue weighted by Gasteiger charge is -2.15. The third-order valence-corrected chi connectivity index (χ3v) is 8.86. The number of alkyl halides is 6. The number of fused-ring (bicyclic) bond motifs is 2. The summed E-state index contributed by atoms with van der Waals surface area (Å²) in [5.74, 6) is 0. The third-order valence-electron chi connectivity index (χ3n) is 8.86. The van der Waals surface area contributed by atoms with Crippen LogP contribution in [-0.2, 0) is 23.2 Å². The highest BCUT2D eigenvalue weighted by atomic mass is 19.4. The Bertz CT molecular complexity index is 981. The molecule has 34 heavy (non-hydrogen) atoms. The van der Waals surface area contributed by atoms with E-state index >= 15 is 0 Å². The van der Waals surface area contributed by atoms with Crippen molar-refractivity contribution in [2.45, 2.75) is 49.9 Å². The summed E-state index contributed by atoms with van der Waals surface area (Å²) >= 11 is 0. The summed E-state index contributed by atoms with van der Waals surface area (Å²) in [5.41, 5.74) is 1.60. The minimum atomic E-state index is -4.24. The standard InChI is InChI=1S/2C13H14F3N/c2*1-11-6-12(11,8-17-7-11)9-2-4-10(5-3-9)13(14,15)16/h2*2-5,17H,6-8H2,1H3/t2*11-,12+/m10/s1. The summed E-state index contributed by atoms with van der Waals surface area (Å²) in [6.45, 7) is 8.10. The molecule has 0 bridgehead atoms. The van der Waals surface area contributed by atoms with Crippen molar-refractivity contribution in [3.8, 4) is 0 Å². The van der Waals surface area contributed by atoms with Gasteiger partial charge in [-0.05, 0) is 59.1 Å². The second kappa shape index (κ2) is 7.23. The van der Waals surface area contributed by atoms with E-state index in [0.29, 0.717) is 0 Å². The van der Waals surface area contributed by atoms with E-state index in [1.807, 2.05) is 0 Å². The summed E-state index contributed by atoms with van der Waals surface area (Å²) in [4.78, 5) is 0. The van der Waals surface area contributed by atoms with E-state index < -0.39 is 23.5 Å². The Morgan fingerprint density at radius 1 is 0.559 bits per heavy atom. The van der Waals surface area contributed by atoms with Gasteiger partial charge >= 0.3 is 12.4 Å². The molecular formula is C26H28F6N2. The van der Waals surface area contributed by atoms with Crippen molar-refractivity contribution in [3.63, 3.8) is 0 Å². The van der Waals surface area contributed by atoms with Gasteiger partial charge in [0.15, 0.2) is 0 Å². The van der Waals surface area contributed by atoms with Gasteiger partial charge in [0, 0.05) is 37.0 Å². The number of halogens is 6. The van der Waals surface area contributed by atoms with Crippen LogP contribution in [0.4, 0.5) is 26.3 Å². The molecule has 0 aromatic heterocycles. The largest absolute Gasteiger partial charge is 0.416 e. The first kappa shape index (κ1) is 23.7. The monoisotopic (exact) mass is 482 g/mol. The van der Waals surface area contributed by atoms with E-state index in [-0.39, 0.29) is 21.7 Å². The zero-order valence-electron chi connectivity index (χ0n) is 19.1. The zero-order chi connectivity index (χ0) is 24.6. The Morgan fingerprint density at radius 2 is 0.882 bits per heavy atom. The van der Waals surface area contributed by atoms with E-state index in [1.54, 1.807) is 24.3 Å². The Morgan fingerprint density at radius 3 is 1.09 bits per heavy atom. The van der Waals surface area contributed by atoms with Crippen molar-refractivity contribution >= 4 is 0 Å². The van der Waals surface area contributed by atoms with Crippen LogP contribution >= 0.6 is 0 Å². The number of hydrogen-bond acceptors (Lipinski definition) is 2. The van der Waals surface area contributed by atoms with Gasteiger partial charge in [-0.1, -0.05) is 38.1 Å². The molecule has 4 atom stereocenters. The molecule has 0 radical (unpaired) electrons. The van der Waals surface area contributed by atoms with Gasteiger partial charge < -0.3 is 10.6 Å². The molecule has 0 unspecified atom stereocenters. The molecule has 2 aliphatic heterocycles. The molecule has 2 aliphatic carbocycles. The summed E-state index contributed by atoms with van der Waals surface area (Å²) in [6.07, 6.45) is -6.31. The highest BCUT2D eigenvalue weighted by Crippen LogP contribution is 2.67. The first-order valence-corrected chi connectivity index (χ1v) is 11.5. The summed E-state index contributed by atoms with van der Waals surface area (Å²) < 4.78 is 74.8. The number of hydrogen-bond donors (Lipinski definition) is 2. The van der Waals surface area contributed by atoms with Crippen molar-refractivity contribution in [3.05, 3.63) is 70.8 Å². The van der Waals surface area contributed by atoms with E-state index in [0.717, 1.165) is 50.1 Å². The van der Waals surface area contributed by atoms with Crippen molar-refractivity contribution in [1.29, 1.82) is 0 Å². The molecule has 2 saturated heterocycles. The molecule has 2 nitrogen and oxygen atoms in total. The first-order valence-electron chi connectivity index (χ1n) is 11.5. The lowest BCUT2D eigenvalue weighted by Crippen LogP contribution is -2.19. The Hall–Kier alpha value is -2.06. The SMILES string of the molecule is C[C@@]12CNC[C@]1(c1ccc(C(F)(F)F)cc1)C2.C[C@]12CNC[C@@]1(c1ccc(C(F)(F)F)cc1)C2. The van der Waals surface area contributed by atoms with Gasteiger partial charge in [-0.3, -0.25) is 0 Å². The van der Waals surface area contributed by atoms with Crippen molar-refractivity contribution in [2.24, 2.45) is 10.8 Å². The predicted octanol–water partition coefficient (Wildman–Crippen LogP) is 5.91. The summed E-state index contributed by atoms with van der Waals surface area (Å²) in [5, 5.41) is 6.65. The molecule has 2 heterocycles. The van der Waals surface area contributed by atoms with Crippen LogP contribution in [0.1, 0.15) is 48.9 Å². The summed E-state index contributed by atoms with van der Waals surface area (Å²) in [7, 11) is 0. The number of benzene rings is 2. The zero-order valence-corrected chi connectivity index (χ0v) is 19.1. The molecule has 0 amide bonds. The maximum Gasteiger partial charge on any atom is 0.416 e. The fourth-order valence-electron chi connectivity index (χ4n) is 6.42. The number of piperidine rings is 2. The highest BCUT2D eigenvalue weighted by molar-refractivity contribution is 5.43. The van der Waals surface area contributed by atoms with Crippen LogP contribution in [0.25, 0.3) is 0 Å². The molecule has 6 rings (SSSR count). The van der Waals surface area contributed by atoms with E-state index in [9.17, 15) is 26.3 Å². The Labute approximate surface area is 195 Å². The fraction of sp³-hybridized carbons (Fsp3) is 0.538. The van der Waals surface area contributed by atoms with Gasteiger partial charge in [0.2, 0.25) is 0 Å². The second-order valence-electron chi connectivity index (χ2n) is 11.0. The predicted molar refractivity (Wildman–Crippen MR) is 117 cm³/mol. The van der Waals surface area contributed by atoms with Gasteiger partial charge in [0.05, 0.1) is 11.1 Å². The van der Waals surface area contributed by atoms with Crippen LogP contribution in [-0.4, -0.2) is 26.2 Å². The van der Waals surface area contributed by atoms with Crippen molar-refractivity contribution in [2.75, 3.05) is 26.2 Å². The maximum absolute atomic E-state index is 12.5. The lowest BCUT2D eigenvalue weighted by molar-refractivity contribution is -0.138. The molecule has 0 spiro atoms. The van der Waals surface area contributed by atoms with Gasteiger partial charge in [-0.15, -0.1) is 0 Å². The molecule has 184 valence electrons. The van der Waals surface area contributed by atoms with E-state index in [2.05, 4.69) is 24.5 Å². The fourth-order valence-corrected chi connectivity index (χ4v) is 6.42. The van der Waals surface area contributed by atoms with Gasteiger partial charge in [-0.25, -0.2) is 0 Å². The quantitative estimate of drug-likeness (QED) is 0.520. The van der Waals surface area contributed by atoms with Crippen LogP contribution in [0, 0.1) is 10.8 Å². The Balaban J connectivity index is 0.000000142.